The zero-order valence-electron chi connectivity index (χ0n) is 15.5. The lowest BCUT2D eigenvalue weighted by molar-refractivity contribution is -0.384. The number of nitro groups is 1. The number of carbonyl (C=O) groups excluding carboxylic acids is 1. The van der Waals surface area contributed by atoms with Gasteiger partial charge >= 0.3 is 5.97 Å². The summed E-state index contributed by atoms with van der Waals surface area (Å²) in [7, 11) is 0. The van der Waals surface area contributed by atoms with Gasteiger partial charge in [-0.05, 0) is 62.5 Å². The number of rotatable bonds is 9. The summed E-state index contributed by atoms with van der Waals surface area (Å²) in [6.45, 7) is 2.15. The fourth-order valence-corrected chi connectivity index (χ4v) is 3.76. The molecule has 0 heterocycles. The van der Waals surface area contributed by atoms with Gasteiger partial charge in [0.05, 0.1) is 11.5 Å². The number of esters is 1. The van der Waals surface area contributed by atoms with Crippen LogP contribution in [0.2, 0.25) is 0 Å². The quantitative estimate of drug-likeness (QED) is 0.341. The number of hydrogen-bond acceptors (Lipinski definition) is 7. The van der Waals surface area contributed by atoms with E-state index >= 15 is 0 Å². The van der Waals surface area contributed by atoms with Crippen LogP contribution in [0.1, 0.15) is 32.6 Å². The number of benzene rings is 1. The number of ether oxygens (including phenoxy) is 1. The molecule has 1 aliphatic carbocycles. The fraction of sp³-hybridized carbons (Fsp3) is 0.632. The van der Waals surface area contributed by atoms with Crippen LogP contribution in [0.15, 0.2) is 24.3 Å². The van der Waals surface area contributed by atoms with Crippen molar-refractivity contribution >= 4 is 17.3 Å². The Labute approximate surface area is 158 Å². The van der Waals surface area contributed by atoms with Crippen molar-refractivity contribution in [2.75, 3.05) is 25.1 Å². The van der Waals surface area contributed by atoms with Crippen LogP contribution in [0.25, 0.3) is 0 Å². The summed E-state index contributed by atoms with van der Waals surface area (Å²) in [5, 5.41) is 33.1. The highest BCUT2D eigenvalue weighted by atomic mass is 16.6. The second kappa shape index (κ2) is 10.2. The molecule has 1 fully saturated rings. The van der Waals surface area contributed by atoms with Gasteiger partial charge in [0.25, 0.3) is 5.69 Å². The third kappa shape index (κ3) is 5.90. The zero-order chi connectivity index (χ0) is 19.8. The first kappa shape index (κ1) is 21.1. The number of nitrogens with one attached hydrogen (secondary N) is 1. The van der Waals surface area contributed by atoms with Gasteiger partial charge < -0.3 is 20.3 Å². The lowest BCUT2D eigenvalue weighted by atomic mass is 9.72. The monoisotopic (exact) mass is 380 g/mol. The number of non-ortho nitro benzene ring substituents is 1. The van der Waals surface area contributed by atoms with E-state index in [9.17, 15) is 25.1 Å². The summed E-state index contributed by atoms with van der Waals surface area (Å²) in [6, 6.07) is 5.26. The number of aliphatic hydroxyl groups is 2. The first-order valence-electron chi connectivity index (χ1n) is 9.37. The van der Waals surface area contributed by atoms with E-state index in [1.54, 1.807) is 19.1 Å². The standard InChI is InChI=1S/C19H28N2O6/c1-2-27-19(24)18(20-16-5-7-17(8-6-16)21(25)26)10-15-9-13(11-22)3-4-14(15)12-23/h5-8,13-15,18,20,22-23H,2-4,9-12H2,1H3/t13-,14-,15+,18?/m0/s1. The molecule has 27 heavy (non-hydrogen) atoms. The lowest BCUT2D eigenvalue weighted by Crippen LogP contribution is -2.38. The van der Waals surface area contributed by atoms with Crippen molar-refractivity contribution in [3.8, 4) is 0 Å². The molecule has 0 saturated heterocycles. The number of nitro benzene ring substituents is 1. The van der Waals surface area contributed by atoms with E-state index in [1.807, 2.05) is 0 Å². The minimum absolute atomic E-state index is 0.0216. The van der Waals surface area contributed by atoms with Gasteiger partial charge in [0.15, 0.2) is 0 Å². The minimum atomic E-state index is -0.622. The molecule has 0 spiro atoms. The van der Waals surface area contributed by atoms with Crippen molar-refractivity contribution in [1.82, 2.24) is 0 Å². The molecule has 2 rings (SSSR count). The molecule has 8 heteroatoms. The van der Waals surface area contributed by atoms with Crippen molar-refractivity contribution in [3.63, 3.8) is 0 Å². The van der Waals surface area contributed by atoms with Gasteiger partial charge in [-0.3, -0.25) is 10.1 Å². The maximum Gasteiger partial charge on any atom is 0.328 e. The molecule has 4 atom stereocenters. The molecular formula is C19H28N2O6. The Morgan fingerprint density at radius 2 is 1.96 bits per heavy atom. The van der Waals surface area contributed by atoms with Crippen molar-refractivity contribution in [1.29, 1.82) is 0 Å². The summed E-state index contributed by atoms with van der Waals surface area (Å²) >= 11 is 0. The molecule has 1 aliphatic rings. The molecule has 0 bridgehead atoms. The van der Waals surface area contributed by atoms with Crippen LogP contribution in [0.5, 0.6) is 0 Å². The van der Waals surface area contributed by atoms with Crippen LogP contribution < -0.4 is 5.32 Å². The zero-order valence-corrected chi connectivity index (χ0v) is 15.5. The molecule has 0 aliphatic heterocycles. The van der Waals surface area contributed by atoms with Gasteiger partial charge in [0.1, 0.15) is 6.04 Å². The smallest absolute Gasteiger partial charge is 0.328 e. The van der Waals surface area contributed by atoms with Crippen molar-refractivity contribution < 1.29 is 24.7 Å². The Hall–Kier alpha value is -2.19. The first-order valence-corrected chi connectivity index (χ1v) is 9.37. The van der Waals surface area contributed by atoms with Gasteiger partial charge in [0.2, 0.25) is 0 Å². The van der Waals surface area contributed by atoms with E-state index in [4.69, 9.17) is 4.74 Å². The third-order valence-corrected chi connectivity index (χ3v) is 5.27. The Kier molecular flexibility index (Phi) is 7.99. The molecule has 0 aromatic heterocycles. The predicted molar refractivity (Wildman–Crippen MR) is 100 cm³/mol. The van der Waals surface area contributed by atoms with E-state index in [2.05, 4.69) is 5.32 Å². The average molecular weight is 380 g/mol. The second-order valence-corrected chi connectivity index (χ2v) is 7.05. The lowest BCUT2D eigenvalue weighted by Gasteiger charge is -2.36. The van der Waals surface area contributed by atoms with E-state index in [0.29, 0.717) is 12.1 Å². The summed E-state index contributed by atoms with van der Waals surface area (Å²) in [5.41, 5.74) is 0.570. The van der Waals surface area contributed by atoms with Gasteiger partial charge in [-0.1, -0.05) is 0 Å². The van der Waals surface area contributed by atoms with Gasteiger partial charge in [-0.2, -0.15) is 0 Å². The molecule has 1 unspecified atom stereocenters. The second-order valence-electron chi connectivity index (χ2n) is 7.05. The van der Waals surface area contributed by atoms with Crippen LogP contribution in [-0.2, 0) is 9.53 Å². The first-order chi connectivity index (χ1) is 13.0. The molecule has 150 valence electrons. The van der Waals surface area contributed by atoms with Gasteiger partial charge in [0, 0.05) is 31.0 Å². The number of hydrogen-bond donors (Lipinski definition) is 3. The van der Waals surface area contributed by atoms with Gasteiger partial charge in [-0.25, -0.2) is 4.79 Å². The maximum absolute atomic E-state index is 12.4. The van der Waals surface area contributed by atoms with Crippen molar-refractivity contribution in [3.05, 3.63) is 34.4 Å². The predicted octanol–water partition coefficient (Wildman–Crippen LogP) is 2.35. The van der Waals surface area contributed by atoms with E-state index in [-0.39, 0.29) is 43.3 Å². The van der Waals surface area contributed by atoms with Crippen LogP contribution in [0.4, 0.5) is 11.4 Å². The highest BCUT2D eigenvalue weighted by molar-refractivity contribution is 5.79. The Morgan fingerprint density at radius 3 is 2.52 bits per heavy atom. The van der Waals surface area contributed by atoms with E-state index < -0.39 is 16.9 Å². The van der Waals surface area contributed by atoms with Crippen LogP contribution in [-0.4, -0.2) is 47.0 Å². The summed E-state index contributed by atoms with van der Waals surface area (Å²) in [5.74, 6) is -0.0390. The fourth-order valence-electron chi connectivity index (χ4n) is 3.76. The maximum atomic E-state index is 12.4. The highest BCUT2D eigenvalue weighted by Crippen LogP contribution is 2.37. The van der Waals surface area contributed by atoms with Crippen molar-refractivity contribution in [2.24, 2.45) is 17.8 Å². The molecule has 1 aromatic carbocycles. The molecule has 1 saturated carbocycles. The number of anilines is 1. The third-order valence-electron chi connectivity index (χ3n) is 5.27. The largest absolute Gasteiger partial charge is 0.464 e. The molecule has 8 nitrogen and oxygen atoms in total. The number of carbonyl (C=O) groups is 1. The van der Waals surface area contributed by atoms with Crippen LogP contribution in [0, 0.1) is 27.9 Å². The Balaban J connectivity index is 2.12. The van der Waals surface area contributed by atoms with Crippen LogP contribution >= 0.6 is 0 Å². The Morgan fingerprint density at radius 1 is 1.26 bits per heavy atom. The summed E-state index contributed by atoms with van der Waals surface area (Å²) < 4.78 is 5.18. The molecule has 0 amide bonds. The SMILES string of the molecule is CCOC(=O)C(C[C@H]1C[C@@H](CO)CC[C@H]1CO)Nc1ccc([N+](=O)[O-])cc1. The van der Waals surface area contributed by atoms with E-state index in [0.717, 1.165) is 19.3 Å². The summed E-state index contributed by atoms with van der Waals surface area (Å²) in [6.07, 6.45) is 2.91. The minimum Gasteiger partial charge on any atom is -0.464 e. The molecule has 1 aromatic rings. The molecule has 3 N–H and O–H groups in total. The van der Waals surface area contributed by atoms with Crippen LogP contribution in [0.3, 0.4) is 0 Å². The molecular weight excluding hydrogens is 352 g/mol. The topological polar surface area (TPSA) is 122 Å². The normalized spacial score (nSPS) is 23.4. The number of aliphatic hydroxyl groups excluding tert-OH is 2. The summed E-state index contributed by atoms with van der Waals surface area (Å²) in [4.78, 5) is 22.7. The highest BCUT2D eigenvalue weighted by Gasteiger charge is 2.34. The van der Waals surface area contributed by atoms with E-state index in [1.165, 1.54) is 12.1 Å². The Bertz CT molecular complexity index is 621. The average Bonchev–Trinajstić information content (AvgIpc) is 2.67. The number of nitrogens with zero attached hydrogens (tertiary/aromatic N) is 1. The van der Waals surface area contributed by atoms with Crippen molar-refractivity contribution in [2.45, 2.75) is 38.6 Å². The molecule has 0 radical (unpaired) electrons. The van der Waals surface area contributed by atoms with Gasteiger partial charge in [-0.15, -0.1) is 0 Å².